The van der Waals surface area contributed by atoms with E-state index in [1.54, 1.807) is 30.5 Å². The largest absolute Gasteiger partial charge is 0.459 e. The van der Waals surface area contributed by atoms with Crippen molar-refractivity contribution in [2.45, 2.75) is 24.9 Å². The Morgan fingerprint density at radius 2 is 1.58 bits per heavy atom. The standard InChI is InChI=1S/C26H23ClN2O3S/c1-20-7-11-23(12-8-20)28-17-24-13-14-25(32-24)19-29(18-21-5-3-2-4-6-21)33(30,31)26-15-9-22(27)10-16-26/h2-17H,18-19H2,1H3. The van der Waals surface area contributed by atoms with E-state index in [1.807, 2.05) is 61.5 Å². The number of aryl methyl sites for hydroxylation is 1. The molecule has 0 N–H and O–H groups in total. The van der Waals surface area contributed by atoms with Crippen LogP contribution in [-0.4, -0.2) is 18.9 Å². The zero-order chi connectivity index (χ0) is 23.3. The van der Waals surface area contributed by atoms with E-state index in [2.05, 4.69) is 4.99 Å². The summed E-state index contributed by atoms with van der Waals surface area (Å²) in [5.41, 5.74) is 2.85. The minimum Gasteiger partial charge on any atom is -0.459 e. The zero-order valence-electron chi connectivity index (χ0n) is 18.1. The number of nitrogens with zero attached hydrogens (tertiary/aromatic N) is 2. The lowest BCUT2D eigenvalue weighted by atomic mass is 10.2. The minimum atomic E-state index is -3.78. The quantitative estimate of drug-likeness (QED) is 0.276. The van der Waals surface area contributed by atoms with Crippen LogP contribution in [-0.2, 0) is 23.1 Å². The summed E-state index contributed by atoms with van der Waals surface area (Å²) in [6, 6.07) is 27.0. The number of halogens is 1. The van der Waals surface area contributed by atoms with Crippen molar-refractivity contribution >= 4 is 33.5 Å². The van der Waals surface area contributed by atoms with Gasteiger partial charge in [0.25, 0.3) is 0 Å². The molecule has 4 aromatic rings. The Labute approximate surface area is 199 Å². The summed E-state index contributed by atoms with van der Waals surface area (Å²) in [5.74, 6) is 1.07. The Morgan fingerprint density at radius 1 is 0.879 bits per heavy atom. The number of furan rings is 1. The summed E-state index contributed by atoms with van der Waals surface area (Å²) >= 11 is 5.95. The van der Waals surface area contributed by atoms with Gasteiger partial charge in [0.05, 0.1) is 23.3 Å². The molecule has 0 amide bonds. The van der Waals surface area contributed by atoms with Gasteiger partial charge in [0.1, 0.15) is 11.5 Å². The van der Waals surface area contributed by atoms with E-state index in [4.69, 9.17) is 16.0 Å². The Hall–Kier alpha value is -3.19. The predicted molar refractivity (Wildman–Crippen MR) is 131 cm³/mol. The van der Waals surface area contributed by atoms with Crippen LogP contribution in [0.5, 0.6) is 0 Å². The molecule has 4 rings (SSSR count). The highest BCUT2D eigenvalue weighted by Gasteiger charge is 2.26. The van der Waals surface area contributed by atoms with E-state index < -0.39 is 10.0 Å². The van der Waals surface area contributed by atoms with Crippen molar-refractivity contribution in [3.05, 3.63) is 119 Å². The van der Waals surface area contributed by atoms with Crippen molar-refractivity contribution in [3.8, 4) is 0 Å². The summed E-state index contributed by atoms with van der Waals surface area (Å²) in [7, 11) is -3.78. The normalized spacial score (nSPS) is 12.0. The highest BCUT2D eigenvalue weighted by molar-refractivity contribution is 7.89. The monoisotopic (exact) mass is 478 g/mol. The van der Waals surface area contributed by atoms with Gasteiger partial charge in [-0.05, 0) is 61.0 Å². The van der Waals surface area contributed by atoms with Crippen molar-refractivity contribution in [1.82, 2.24) is 4.31 Å². The molecule has 0 aliphatic rings. The third-order valence-electron chi connectivity index (χ3n) is 5.04. The lowest BCUT2D eigenvalue weighted by Crippen LogP contribution is -2.30. The Morgan fingerprint density at radius 3 is 2.27 bits per heavy atom. The third kappa shape index (κ3) is 5.99. The lowest BCUT2D eigenvalue weighted by Gasteiger charge is -2.21. The fourth-order valence-corrected chi connectivity index (χ4v) is 4.78. The lowest BCUT2D eigenvalue weighted by molar-refractivity contribution is 0.357. The number of aliphatic imine (C=N–C) groups is 1. The van der Waals surface area contributed by atoms with Gasteiger partial charge < -0.3 is 4.42 Å². The molecule has 0 bridgehead atoms. The van der Waals surface area contributed by atoms with E-state index in [1.165, 1.54) is 16.4 Å². The number of rotatable bonds is 8. The first-order chi connectivity index (χ1) is 15.9. The van der Waals surface area contributed by atoms with Crippen LogP contribution in [0.2, 0.25) is 5.02 Å². The molecule has 3 aromatic carbocycles. The summed E-state index contributed by atoms with van der Waals surface area (Å²) in [5, 5.41) is 0.479. The summed E-state index contributed by atoms with van der Waals surface area (Å²) in [6.45, 7) is 2.31. The third-order valence-corrected chi connectivity index (χ3v) is 7.10. The van der Waals surface area contributed by atoms with E-state index >= 15 is 0 Å². The van der Waals surface area contributed by atoms with Gasteiger partial charge in [-0.15, -0.1) is 0 Å². The molecule has 0 aliphatic carbocycles. The van der Waals surface area contributed by atoms with Gasteiger partial charge in [-0.3, -0.25) is 4.99 Å². The van der Waals surface area contributed by atoms with Crippen LogP contribution >= 0.6 is 11.6 Å². The molecule has 168 valence electrons. The average Bonchev–Trinajstić information content (AvgIpc) is 3.27. The average molecular weight is 479 g/mol. The molecule has 0 spiro atoms. The van der Waals surface area contributed by atoms with Gasteiger partial charge in [0.15, 0.2) is 0 Å². The Balaban J connectivity index is 1.57. The molecule has 0 aliphatic heterocycles. The van der Waals surface area contributed by atoms with Crippen molar-refractivity contribution in [1.29, 1.82) is 0 Å². The summed E-state index contributed by atoms with van der Waals surface area (Å²) in [4.78, 5) is 4.60. The van der Waals surface area contributed by atoms with Crippen molar-refractivity contribution in [3.63, 3.8) is 0 Å². The number of sulfonamides is 1. The topological polar surface area (TPSA) is 62.9 Å². The van der Waals surface area contributed by atoms with Gasteiger partial charge in [0.2, 0.25) is 10.0 Å². The van der Waals surface area contributed by atoms with Crippen LogP contribution < -0.4 is 0 Å². The van der Waals surface area contributed by atoms with Crippen molar-refractivity contribution in [2.24, 2.45) is 4.99 Å². The van der Waals surface area contributed by atoms with Crippen LogP contribution in [0.4, 0.5) is 5.69 Å². The smallest absolute Gasteiger partial charge is 0.243 e. The molecule has 0 fully saturated rings. The van der Waals surface area contributed by atoms with E-state index in [0.29, 0.717) is 16.5 Å². The number of hydrogen-bond acceptors (Lipinski definition) is 4. The first kappa shape index (κ1) is 23.0. The maximum absolute atomic E-state index is 13.4. The molecular formula is C26H23ClN2O3S. The molecule has 1 heterocycles. The zero-order valence-corrected chi connectivity index (χ0v) is 19.6. The van der Waals surface area contributed by atoms with Crippen LogP contribution in [0.15, 0.2) is 105 Å². The highest BCUT2D eigenvalue weighted by Crippen LogP contribution is 2.23. The molecule has 5 nitrogen and oxygen atoms in total. The molecule has 0 saturated carbocycles. The molecule has 0 radical (unpaired) electrons. The van der Waals surface area contributed by atoms with Crippen LogP contribution in [0.25, 0.3) is 0 Å². The molecule has 0 saturated heterocycles. The fraction of sp³-hybridized carbons (Fsp3) is 0.115. The molecule has 33 heavy (non-hydrogen) atoms. The fourth-order valence-electron chi connectivity index (χ4n) is 3.26. The van der Waals surface area contributed by atoms with Crippen LogP contribution in [0, 0.1) is 6.92 Å². The van der Waals surface area contributed by atoms with Crippen molar-refractivity contribution in [2.75, 3.05) is 0 Å². The molecule has 0 atom stereocenters. The highest BCUT2D eigenvalue weighted by atomic mass is 35.5. The molecular weight excluding hydrogens is 456 g/mol. The molecule has 0 unspecified atom stereocenters. The van der Waals surface area contributed by atoms with E-state index in [-0.39, 0.29) is 18.0 Å². The van der Waals surface area contributed by atoms with E-state index in [0.717, 1.165) is 16.8 Å². The van der Waals surface area contributed by atoms with Gasteiger partial charge >= 0.3 is 0 Å². The predicted octanol–water partition coefficient (Wildman–Crippen LogP) is 6.38. The first-order valence-electron chi connectivity index (χ1n) is 10.4. The van der Waals surface area contributed by atoms with Crippen molar-refractivity contribution < 1.29 is 12.8 Å². The van der Waals surface area contributed by atoms with Crippen LogP contribution in [0.3, 0.4) is 0 Å². The Bertz CT molecular complexity index is 1330. The second-order valence-corrected chi connectivity index (χ2v) is 9.98. The van der Waals surface area contributed by atoms with Gasteiger partial charge in [0, 0.05) is 11.6 Å². The number of benzene rings is 3. The van der Waals surface area contributed by atoms with E-state index in [9.17, 15) is 8.42 Å². The Kier molecular flexibility index (Phi) is 7.08. The minimum absolute atomic E-state index is 0.0816. The van der Waals surface area contributed by atoms with Gasteiger partial charge in [-0.1, -0.05) is 59.6 Å². The maximum Gasteiger partial charge on any atom is 0.243 e. The van der Waals surface area contributed by atoms with Gasteiger partial charge in [-0.25, -0.2) is 8.42 Å². The summed E-state index contributed by atoms with van der Waals surface area (Å²) in [6.07, 6.45) is 1.63. The first-order valence-corrected chi connectivity index (χ1v) is 12.2. The SMILES string of the molecule is Cc1ccc(N=Cc2ccc(CN(Cc3ccccc3)S(=O)(=O)c3ccc(Cl)cc3)o2)cc1. The maximum atomic E-state index is 13.4. The second kappa shape index (κ2) is 10.2. The molecule has 1 aromatic heterocycles. The second-order valence-electron chi connectivity index (χ2n) is 7.61. The van der Waals surface area contributed by atoms with Gasteiger partial charge in [-0.2, -0.15) is 4.31 Å². The molecule has 7 heteroatoms. The van der Waals surface area contributed by atoms with Crippen LogP contribution in [0.1, 0.15) is 22.6 Å². The summed E-state index contributed by atoms with van der Waals surface area (Å²) < 4.78 is 34.1. The number of hydrogen-bond donors (Lipinski definition) is 0.